The molecule has 4 saturated carbocycles. The molecule has 0 aliphatic heterocycles. The monoisotopic (exact) mass is 369 g/mol. The molecule has 0 saturated heterocycles. The fourth-order valence-corrected chi connectivity index (χ4v) is 6.37. The van der Waals surface area contributed by atoms with E-state index in [1.807, 2.05) is 20.8 Å². The lowest BCUT2D eigenvalue weighted by Crippen LogP contribution is -2.57. The molecule has 2 unspecified atom stereocenters. The van der Waals surface area contributed by atoms with Gasteiger partial charge in [0, 0.05) is 5.54 Å². The van der Waals surface area contributed by atoms with E-state index < -0.39 is 5.41 Å². The number of esters is 1. The van der Waals surface area contributed by atoms with Gasteiger partial charge in [-0.2, -0.15) is 0 Å². The summed E-state index contributed by atoms with van der Waals surface area (Å²) in [6.07, 6.45) is 6.35. The molecule has 5 rings (SSSR count). The molecule has 0 heterocycles. The lowest BCUT2D eigenvalue weighted by atomic mass is 9.43. The number of ether oxygens (including phenoxy) is 1. The van der Waals surface area contributed by atoms with Crippen molar-refractivity contribution in [2.45, 2.75) is 70.3 Å². The summed E-state index contributed by atoms with van der Waals surface area (Å²) < 4.78 is 5.56. The number of benzene rings is 1. The Kier molecular flexibility index (Phi) is 4.36. The first-order valence-electron chi connectivity index (χ1n) is 10.2. The molecule has 1 N–H and O–H groups in total. The van der Waals surface area contributed by atoms with Crippen LogP contribution in [0, 0.1) is 17.3 Å². The topological polar surface area (TPSA) is 55.4 Å². The molecule has 4 fully saturated rings. The average Bonchev–Trinajstić information content (AvgIpc) is 2.58. The van der Waals surface area contributed by atoms with Gasteiger partial charge in [-0.1, -0.05) is 30.3 Å². The van der Waals surface area contributed by atoms with E-state index in [1.165, 1.54) is 24.8 Å². The molecule has 0 radical (unpaired) electrons. The van der Waals surface area contributed by atoms with Crippen molar-refractivity contribution in [1.82, 2.24) is 5.32 Å². The highest BCUT2D eigenvalue weighted by molar-refractivity contribution is 5.83. The van der Waals surface area contributed by atoms with Gasteiger partial charge >= 0.3 is 5.97 Å². The smallest absolute Gasteiger partial charge is 0.312 e. The number of amides is 1. The number of carbonyl (C=O) groups excluding carboxylic acids is 2. The maximum atomic E-state index is 13.1. The van der Waals surface area contributed by atoms with E-state index >= 15 is 0 Å². The minimum atomic E-state index is -0.401. The summed E-state index contributed by atoms with van der Waals surface area (Å²) in [5.41, 5.74) is 0.767. The van der Waals surface area contributed by atoms with E-state index in [-0.39, 0.29) is 29.4 Å². The Hall–Kier alpha value is -1.84. The molecule has 0 aromatic heterocycles. The van der Waals surface area contributed by atoms with Crippen LogP contribution < -0.4 is 5.32 Å². The molecule has 0 spiro atoms. The Morgan fingerprint density at radius 1 is 1.07 bits per heavy atom. The first-order chi connectivity index (χ1) is 12.7. The Balaban J connectivity index is 1.51. The fourth-order valence-electron chi connectivity index (χ4n) is 6.37. The largest absolute Gasteiger partial charge is 0.455 e. The maximum absolute atomic E-state index is 13.1. The second-order valence-electron chi connectivity index (χ2n) is 10.3. The van der Waals surface area contributed by atoms with Crippen molar-refractivity contribution in [2.75, 3.05) is 6.61 Å². The summed E-state index contributed by atoms with van der Waals surface area (Å²) in [6.45, 7) is 5.60. The highest BCUT2D eigenvalue weighted by Gasteiger charge is 2.61. The molecular formula is C23H31NO3. The van der Waals surface area contributed by atoms with Gasteiger partial charge in [0.25, 0.3) is 5.91 Å². The van der Waals surface area contributed by atoms with E-state index in [1.54, 1.807) is 0 Å². The van der Waals surface area contributed by atoms with Gasteiger partial charge in [0.1, 0.15) is 0 Å². The van der Waals surface area contributed by atoms with Crippen LogP contribution in [-0.4, -0.2) is 24.0 Å². The summed E-state index contributed by atoms with van der Waals surface area (Å²) in [5, 5.41) is 2.87. The molecule has 4 aliphatic rings. The van der Waals surface area contributed by atoms with Gasteiger partial charge < -0.3 is 10.1 Å². The summed E-state index contributed by atoms with van der Waals surface area (Å²) in [5.74, 6) is 0.823. The van der Waals surface area contributed by atoms with Crippen LogP contribution in [0.25, 0.3) is 0 Å². The van der Waals surface area contributed by atoms with E-state index in [9.17, 15) is 9.59 Å². The van der Waals surface area contributed by atoms with Crippen LogP contribution in [0.4, 0.5) is 0 Å². The third-order valence-corrected chi connectivity index (χ3v) is 6.73. The normalized spacial score (nSPS) is 34.3. The van der Waals surface area contributed by atoms with Gasteiger partial charge in [-0.15, -0.1) is 0 Å². The Bertz CT molecular complexity index is 720. The standard InChI is InChI=1S/C23H31NO3/c1-21(2,3)24-19(25)14-27-20(26)23-12-16-9-17(13-23)11-22(10-16,15-23)18-7-5-4-6-8-18/h4-8,16-17H,9-15H2,1-3H3,(H,24,25)/t16-,17+,22?,23?. The number of hydrogen-bond acceptors (Lipinski definition) is 3. The molecule has 4 nitrogen and oxygen atoms in total. The zero-order valence-electron chi connectivity index (χ0n) is 16.7. The molecule has 4 aliphatic carbocycles. The second-order valence-corrected chi connectivity index (χ2v) is 10.3. The van der Waals surface area contributed by atoms with Gasteiger partial charge in [-0.3, -0.25) is 9.59 Å². The molecule has 1 amide bonds. The number of rotatable bonds is 4. The molecule has 4 heteroatoms. The zero-order valence-corrected chi connectivity index (χ0v) is 16.7. The van der Waals surface area contributed by atoms with Gasteiger partial charge in [-0.25, -0.2) is 0 Å². The SMILES string of the molecule is CC(C)(C)NC(=O)COC(=O)C12C[C@H]3C[C@@H](C1)CC(c1ccccc1)(C3)C2. The van der Waals surface area contributed by atoms with E-state index in [0.29, 0.717) is 11.8 Å². The highest BCUT2D eigenvalue weighted by atomic mass is 16.5. The average molecular weight is 370 g/mol. The van der Waals surface area contributed by atoms with Gasteiger partial charge in [0.2, 0.25) is 0 Å². The Morgan fingerprint density at radius 3 is 2.30 bits per heavy atom. The lowest BCUT2D eigenvalue weighted by molar-refractivity contribution is -0.175. The third-order valence-electron chi connectivity index (χ3n) is 6.73. The minimum absolute atomic E-state index is 0.109. The Morgan fingerprint density at radius 2 is 1.70 bits per heavy atom. The summed E-state index contributed by atoms with van der Waals surface area (Å²) in [6, 6.07) is 10.7. The van der Waals surface area contributed by atoms with Crippen molar-refractivity contribution in [3.05, 3.63) is 35.9 Å². The summed E-state index contributed by atoms with van der Waals surface area (Å²) >= 11 is 0. The molecule has 27 heavy (non-hydrogen) atoms. The first-order valence-corrected chi connectivity index (χ1v) is 10.2. The van der Waals surface area contributed by atoms with Crippen LogP contribution in [0.3, 0.4) is 0 Å². The summed E-state index contributed by atoms with van der Waals surface area (Å²) in [7, 11) is 0. The number of nitrogens with one attached hydrogen (secondary N) is 1. The van der Waals surface area contributed by atoms with E-state index in [2.05, 4.69) is 35.6 Å². The molecule has 4 atom stereocenters. The van der Waals surface area contributed by atoms with Crippen molar-refractivity contribution in [3.8, 4) is 0 Å². The van der Waals surface area contributed by atoms with Crippen LogP contribution in [-0.2, 0) is 19.7 Å². The van der Waals surface area contributed by atoms with Gasteiger partial charge in [-0.05, 0) is 82.1 Å². The van der Waals surface area contributed by atoms with Crippen LogP contribution in [0.15, 0.2) is 30.3 Å². The maximum Gasteiger partial charge on any atom is 0.312 e. The van der Waals surface area contributed by atoms with Gasteiger partial charge in [0.15, 0.2) is 6.61 Å². The van der Waals surface area contributed by atoms with Crippen molar-refractivity contribution in [1.29, 1.82) is 0 Å². The number of hydrogen-bond donors (Lipinski definition) is 1. The quantitative estimate of drug-likeness (QED) is 0.817. The zero-order chi connectivity index (χ0) is 19.3. The first kappa shape index (κ1) is 18.5. The minimum Gasteiger partial charge on any atom is -0.455 e. The predicted octanol–water partition coefficient (Wildman–Crippen LogP) is 3.98. The van der Waals surface area contributed by atoms with Crippen molar-refractivity contribution in [2.24, 2.45) is 17.3 Å². The second kappa shape index (κ2) is 6.35. The van der Waals surface area contributed by atoms with Crippen LogP contribution in [0.5, 0.6) is 0 Å². The van der Waals surface area contributed by atoms with Crippen LogP contribution in [0.2, 0.25) is 0 Å². The molecular weight excluding hydrogens is 338 g/mol. The van der Waals surface area contributed by atoms with Gasteiger partial charge in [0.05, 0.1) is 5.41 Å². The Labute approximate surface area is 162 Å². The number of carbonyl (C=O) groups is 2. The van der Waals surface area contributed by atoms with Crippen LogP contribution in [0.1, 0.15) is 64.9 Å². The molecule has 1 aromatic carbocycles. The van der Waals surface area contributed by atoms with E-state index in [4.69, 9.17) is 4.74 Å². The van der Waals surface area contributed by atoms with Crippen molar-refractivity contribution >= 4 is 11.9 Å². The highest BCUT2D eigenvalue weighted by Crippen LogP contribution is 2.66. The summed E-state index contributed by atoms with van der Waals surface area (Å²) in [4.78, 5) is 25.2. The fraction of sp³-hybridized carbons (Fsp3) is 0.652. The third kappa shape index (κ3) is 3.51. The molecule has 1 aromatic rings. The molecule has 146 valence electrons. The van der Waals surface area contributed by atoms with Crippen molar-refractivity contribution < 1.29 is 14.3 Å². The van der Waals surface area contributed by atoms with E-state index in [0.717, 1.165) is 19.3 Å². The lowest BCUT2D eigenvalue weighted by Gasteiger charge is -2.61. The van der Waals surface area contributed by atoms with Crippen molar-refractivity contribution in [3.63, 3.8) is 0 Å². The molecule has 4 bridgehead atoms. The predicted molar refractivity (Wildman–Crippen MR) is 104 cm³/mol. The van der Waals surface area contributed by atoms with Crippen LogP contribution >= 0.6 is 0 Å².